The summed E-state index contributed by atoms with van der Waals surface area (Å²) in [6.45, 7) is 4.50. The third-order valence-corrected chi connectivity index (χ3v) is 4.73. The number of likely N-dealkylation sites (tertiary alicyclic amines) is 1. The van der Waals surface area contributed by atoms with Crippen LogP contribution in [0.3, 0.4) is 0 Å². The van der Waals surface area contributed by atoms with Gasteiger partial charge in [0.1, 0.15) is 0 Å². The minimum atomic E-state index is 0.892. The van der Waals surface area contributed by atoms with Gasteiger partial charge >= 0.3 is 0 Å². The summed E-state index contributed by atoms with van der Waals surface area (Å²) in [7, 11) is 0. The summed E-state index contributed by atoms with van der Waals surface area (Å²) >= 11 is 0. The molecule has 3 heteroatoms. The number of fused-ring (bicyclic) bond motifs is 1. The van der Waals surface area contributed by atoms with Gasteiger partial charge in [-0.25, -0.2) is 0 Å². The Morgan fingerprint density at radius 1 is 1.21 bits per heavy atom. The van der Waals surface area contributed by atoms with Crippen molar-refractivity contribution in [2.24, 2.45) is 5.92 Å². The van der Waals surface area contributed by atoms with Gasteiger partial charge in [0.2, 0.25) is 0 Å². The van der Waals surface area contributed by atoms with E-state index in [-0.39, 0.29) is 0 Å². The van der Waals surface area contributed by atoms with Gasteiger partial charge in [0.05, 0.1) is 5.69 Å². The van der Waals surface area contributed by atoms with E-state index in [4.69, 9.17) is 0 Å². The lowest BCUT2D eigenvalue weighted by atomic mass is 9.85. The maximum atomic E-state index is 4.34. The molecule has 3 nitrogen and oxygen atoms in total. The highest BCUT2D eigenvalue weighted by Crippen LogP contribution is 2.35. The molecule has 2 heterocycles. The summed E-state index contributed by atoms with van der Waals surface area (Å²) in [6.07, 6.45) is 9.12. The number of aromatic nitrogens is 1. The number of pyridine rings is 1. The zero-order valence-electron chi connectivity index (χ0n) is 11.7. The molecule has 1 aliphatic heterocycles. The normalized spacial score (nSPS) is 27.4. The Balaban J connectivity index is 1.38. The molecule has 0 spiro atoms. The molecular weight excluding hydrogens is 234 g/mol. The molecule has 2 fully saturated rings. The fourth-order valence-electron chi connectivity index (χ4n) is 3.72. The molecule has 2 unspecified atom stereocenters. The fraction of sp³-hybridized carbons (Fsp3) is 0.688. The first kappa shape index (κ1) is 13.1. The average Bonchev–Trinajstić information content (AvgIpc) is 2.88. The smallest absolute Gasteiger partial charge is 0.0541 e. The zero-order chi connectivity index (χ0) is 12.9. The SMILES string of the molecule is c1ccc(CNCCN2CCC3CCCCC32)nc1. The lowest BCUT2D eigenvalue weighted by Gasteiger charge is -2.31. The Labute approximate surface area is 116 Å². The van der Waals surface area contributed by atoms with Crippen LogP contribution in [0.1, 0.15) is 37.8 Å². The average molecular weight is 259 g/mol. The van der Waals surface area contributed by atoms with E-state index in [1.54, 1.807) is 0 Å². The Morgan fingerprint density at radius 2 is 2.16 bits per heavy atom. The van der Waals surface area contributed by atoms with Gasteiger partial charge in [0.15, 0.2) is 0 Å². The van der Waals surface area contributed by atoms with E-state index in [2.05, 4.69) is 27.3 Å². The first-order valence-corrected chi connectivity index (χ1v) is 7.78. The molecule has 0 aromatic carbocycles. The van der Waals surface area contributed by atoms with Crippen molar-refractivity contribution in [1.29, 1.82) is 0 Å². The van der Waals surface area contributed by atoms with Crippen LogP contribution in [-0.4, -0.2) is 35.6 Å². The van der Waals surface area contributed by atoms with Crippen molar-refractivity contribution in [2.45, 2.75) is 44.7 Å². The topological polar surface area (TPSA) is 28.2 Å². The molecule has 104 valence electrons. The Bertz CT molecular complexity index is 379. The van der Waals surface area contributed by atoms with Gasteiger partial charge in [-0.1, -0.05) is 18.9 Å². The van der Waals surface area contributed by atoms with Gasteiger partial charge in [0, 0.05) is 31.9 Å². The summed E-state index contributed by atoms with van der Waals surface area (Å²) in [5, 5.41) is 3.52. The van der Waals surface area contributed by atoms with Crippen molar-refractivity contribution < 1.29 is 0 Å². The Hall–Kier alpha value is -0.930. The molecule has 2 aliphatic rings. The summed E-state index contributed by atoms with van der Waals surface area (Å²) < 4.78 is 0. The van der Waals surface area contributed by atoms with E-state index < -0.39 is 0 Å². The molecule has 0 amide bonds. The van der Waals surface area contributed by atoms with Crippen LogP contribution >= 0.6 is 0 Å². The number of hydrogen-bond acceptors (Lipinski definition) is 3. The first-order chi connectivity index (χ1) is 9.43. The third kappa shape index (κ3) is 3.34. The standard InChI is InChI=1S/C16H25N3/c1-2-7-16-14(5-1)8-11-19(16)12-10-17-13-15-6-3-4-9-18-15/h3-4,6,9,14,16-17H,1-2,5,7-8,10-13H2. The van der Waals surface area contributed by atoms with Gasteiger partial charge in [-0.15, -0.1) is 0 Å². The molecule has 1 saturated heterocycles. The number of hydrogen-bond donors (Lipinski definition) is 1. The molecule has 1 N–H and O–H groups in total. The van der Waals surface area contributed by atoms with Crippen molar-refractivity contribution in [3.05, 3.63) is 30.1 Å². The quantitative estimate of drug-likeness (QED) is 0.823. The molecule has 2 atom stereocenters. The molecule has 3 rings (SSSR count). The molecule has 1 saturated carbocycles. The van der Waals surface area contributed by atoms with E-state index in [1.807, 2.05) is 12.3 Å². The van der Waals surface area contributed by atoms with E-state index in [0.717, 1.165) is 30.7 Å². The highest BCUT2D eigenvalue weighted by molar-refractivity contribution is 5.02. The second-order valence-electron chi connectivity index (χ2n) is 5.93. The predicted octanol–water partition coefficient (Wildman–Crippen LogP) is 2.44. The van der Waals surface area contributed by atoms with Gasteiger partial charge in [-0.3, -0.25) is 9.88 Å². The van der Waals surface area contributed by atoms with Crippen molar-refractivity contribution >= 4 is 0 Å². The molecule has 19 heavy (non-hydrogen) atoms. The highest BCUT2D eigenvalue weighted by Gasteiger charge is 2.34. The van der Waals surface area contributed by atoms with Crippen molar-refractivity contribution in [3.63, 3.8) is 0 Å². The van der Waals surface area contributed by atoms with Crippen LogP contribution in [0.15, 0.2) is 24.4 Å². The second kappa shape index (κ2) is 6.49. The number of rotatable bonds is 5. The van der Waals surface area contributed by atoms with Gasteiger partial charge < -0.3 is 5.32 Å². The molecular formula is C16H25N3. The number of nitrogens with zero attached hydrogens (tertiary/aromatic N) is 2. The fourth-order valence-corrected chi connectivity index (χ4v) is 3.72. The Kier molecular flexibility index (Phi) is 4.46. The van der Waals surface area contributed by atoms with E-state index in [0.29, 0.717) is 0 Å². The molecule has 1 aromatic heterocycles. The summed E-state index contributed by atoms with van der Waals surface area (Å²) in [6, 6.07) is 7.00. The highest BCUT2D eigenvalue weighted by atomic mass is 15.2. The molecule has 1 aliphatic carbocycles. The molecule has 0 bridgehead atoms. The van der Waals surface area contributed by atoms with Crippen LogP contribution in [-0.2, 0) is 6.54 Å². The zero-order valence-corrected chi connectivity index (χ0v) is 11.7. The predicted molar refractivity (Wildman–Crippen MR) is 77.9 cm³/mol. The first-order valence-electron chi connectivity index (χ1n) is 7.78. The number of nitrogens with one attached hydrogen (secondary N) is 1. The van der Waals surface area contributed by atoms with Gasteiger partial charge in [-0.05, 0) is 43.9 Å². The maximum absolute atomic E-state index is 4.34. The van der Waals surface area contributed by atoms with Crippen molar-refractivity contribution in [1.82, 2.24) is 15.2 Å². The van der Waals surface area contributed by atoms with Crippen molar-refractivity contribution in [3.8, 4) is 0 Å². The van der Waals surface area contributed by atoms with Crippen LogP contribution in [0.2, 0.25) is 0 Å². The van der Waals surface area contributed by atoms with Crippen LogP contribution in [0.5, 0.6) is 0 Å². The van der Waals surface area contributed by atoms with E-state index >= 15 is 0 Å². The third-order valence-electron chi connectivity index (χ3n) is 4.73. The van der Waals surface area contributed by atoms with Crippen LogP contribution in [0.4, 0.5) is 0 Å². The maximum Gasteiger partial charge on any atom is 0.0541 e. The van der Waals surface area contributed by atoms with Gasteiger partial charge in [-0.2, -0.15) is 0 Å². The summed E-state index contributed by atoms with van der Waals surface area (Å²) in [5.74, 6) is 1.00. The Morgan fingerprint density at radius 3 is 3.05 bits per heavy atom. The van der Waals surface area contributed by atoms with Crippen LogP contribution in [0.25, 0.3) is 0 Å². The van der Waals surface area contributed by atoms with E-state index in [1.165, 1.54) is 45.2 Å². The largest absolute Gasteiger partial charge is 0.310 e. The second-order valence-corrected chi connectivity index (χ2v) is 5.93. The summed E-state index contributed by atoms with van der Waals surface area (Å²) in [5.41, 5.74) is 1.14. The van der Waals surface area contributed by atoms with Crippen molar-refractivity contribution in [2.75, 3.05) is 19.6 Å². The van der Waals surface area contributed by atoms with Crippen LogP contribution < -0.4 is 5.32 Å². The lowest BCUT2D eigenvalue weighted by molar-refractivity contribution is 0.183. The minimum Gasteiger partial charge on any atom is -0.310 e. The van der Waals surface area contributed by atoms with E-state index in [9.17, 15) is 0 Å². The minimum absolute atomic E-state index is 0.892. The van der Waals surface area contributed by atoms with Gasteiger partial charge in [0.25, 0.3) is 0 Å². The molecule has 0 radical (unpaired) electrons. The lowest BCUT2D eigenvalue weighted by Crippen LogP contribution is -2.38. The summed E-state index contributed by atoms with van der Waals surface area (Å²) in [4.78, 5) is 7.06. The monoisotopic (exact) mass is 259 g/mol. The molecule has 1 aromatic rings. The van der Waals surface area contributed by atoms with Crippen LogP contribution in [0, 0.1) is 5.92 Å².